The predicted octanol–water partition coefficient (Wildman–Crippen LogP) is 6.36. The Kier molecular flexibility index (Phi) is 5.64. The van der Waals surface area contributed by atoms with Crippen LogP contribution in [0.2, 0.25) is 0 Å². The Morgan fingerprint density at radius 3 is 1.97 bits per heavy atom. The van der Waals surface area contributed by atoms with Gasteiger partial charge < -0.3 is 9.84 Å². The number of carboxylic acid groups (broad SMARTS) is 1. The van der Waals surface area contributed by atoms with Gasteiger partial charge in [-0.2, -0.15) is 0 Å². The molecule has 0 amide bonds. The normalized spacial score (nSPS) is 12.3. The van der Waals surface area contributed by atoms with E-state index in [9.17, 15) is 9.59 Å². The van der Waals surface area contributed by atoms with Crippen LogP contribution in [0.25, 0.3) is 21.5 Å². The standard InChI is InChI=1S/C26H30O4/c1-25(2,3)18-9-10-20-17(14-18)13-16-7-8-19(26(4,5)6)15-21(16)24(20)30-23(29)12-11-22(27)28/h7-10,13-15H,11-12H2,1-6H3,(H,27,28). The second-order valence-electron chi connectivity index (χ2n) is 9.95. The molecule has 0 radical (unpaired) electrons. The van der Waals surface area contributed by atoms with Crippen LogP contribution in [0.3, 0.4) is 0 Å². The van der Waals surface area contributed by atoms with E-state index in [1.807, 2.05) is 6.07 Å². The molecule has 0 unspecified atom stereocenters. The number of ether oxygens (including phenoxy) is 1. The smallest absolute Gasteiger partial charge is 0.311 e. The van der Waals surface area contributed by atoms with Crippen molar-refractivity contribution in [2.75, 3.05) is 0 Å². The first kappa shape index (κ1) is 21.8. The van der Waals surface area contributed by atoms with Gasteiger partial charge in [-0.05, 0) is 44.9 Å². The zero-order chi connectivity index (χ0) is 22.3. The quantitative estimate of drug-likeness (QED) is 0.311. The van der Waals surface area contributed by atoms with E-state index in [0.29, 0.717) is 5.75 Å². The lowest BCUT2D eigenvalue weighted by Gasteiger charge is -2.22. The largest absolute Gasteiger partial charge is 0.481 e. The van der Waals surface area contributed by atoms with Crippen molar-refractivity contribution in [3.63, 3.8) is 0 Å². The van der Waals surface area contributed by atoms with Crippen LogP contribution in [0.1, 0.15) is 65.5 Å². The molecule has 0 aromatic heterocycles. The second-order valence-corrected chi connectivity index (χ2v) is 9.95. The summed E-state index contributed by atoms with van der Waals surface area (Å²) in [5.41, 5.74) is 2.29. The molecule has 0 aliphatic carbocycles. The summed E-state index contributed by atoms with van der Waals surface area (Å²) in [6.45, 7) is 12.9. The molecule has 0 saturated heterocycles. The molecule has 0 heterocycles. The maximum absolute atomic E-state index is 12.4. The van der Waals surface area contributed by atoms with Crippen LogP contribution in [0.5, 0.6) is 5.75 Å². The van der Waals surface area contributed by atoms with Gasteiger partial charge in [0, 0.05) is 10.8 Å². The van der Waals surface area contributed by atoms with Gasteiger partial charge in [0.1, 0.15) is 5.75 Å². The average molecular weight is 407 g/mol. The first-order valence-electron chi connectivity index (χ1n) is 10.3. The Hall–Kier alpha value is -2.88. The van der Waals surface area contributed by atoms with Crippen molar-refractivity contribution in [1.82, 2.24) is 0 Å². The highest BCUT2D eigenvalue weighted by atomic mass is 16.5. The van der Waals surface area contributed by atoms with Gasteiger partial charge in [0.2, 0.25) is 0 Å². The fourth-order valence-corrected chi connectivity index (χ4v) is 3.50. The van der Waals surface area contributed by atoms with E-state index in [0.717, 1.165) is 27.1 Å². The number of hydrogen-bond donors (Lipinski definition) is 1. The molecule has 3 aromatic carbocycles. The number of benzene rings is 3. The number of rotatable bonds is 4. The van der Waals surface area contributed by atoms with Crippen LogP contribution in [-0.2, 0) is 20.4 Å². The minimum atomic E-state index is -1.01. The molecule has 0 aliphatic heterocycles. The molecule has 30 heavy (non-hydrogen) atoms. The van der Waals surface area contributed by atoms with E-state index in [4.69, 9.17) is 9.84 Å². The first-order valence-corrected chi connectivity index (χ1v) is 10.3. The van der Waals surface area contributed by atoms with Crippen molar-refractivity contribution in [3.05, 3.63) is 53.6 Å². The van der Waals surface area contributed by atoms with E-state index in [1.165, 1.54) is 5.56 Å². The van der Waals surface area contributed by atoms with Crippen LogP contribution < -0.4 is 4.74 Å². The van der Waals surface area contributed by atoms with Crippen LogP contribution in [0, 0.1) is 0 Å². The third-order valence-electron chi connectivity index (χ3n) is 5.40. The third-order valence-corrected chi connectivity index (χ3v) is 5.40. The van der Waals surface area contributed by atoms with Crippen molar-refractivity contribution in [2.45, 2.75) is 65.2 Å². The number of aliphatic carboxylic acids is 1. The Labute approximate surface area is 177 Å². The van der Waals surface area contributed by atoms with Crippen molar-refractivity contribution in [1.29, 1.82) is 0 Å². The Morgan fingerprint density at radius 1 is 0.767 bits per heavy atom. The van der Waals surface area contributed by atoms with Crippen LogP contribution in [0.4, 0.5) is 0 Å². The maximum Gasteiger partial charge on any atom is 0.311 e. The molecular formula is C26H30O4. The molecule has 1 N–H and O–H groups in total. The maximum atomic E-state index is 12.4. The molecule has 0 aliphatic rings. The highest BCUT2D eigenvalue weighted by Crippen LogP contribution is 2.39. The first-order chi connectivity index (χ1) is 13.9. The molecular weight excluding hydrogens is 376 g/mol. The van der Waals surface area contributed by atoms with E-state index < -0.39 is 11.9 Å². The van der Waals surface area contributed by atoms with Gasteiger partial charge in [0.05, 0.1) is 12.8 Å². The highest BCUT2D eigenvalue weighted by molar-refractivity contribution is 6.07. The van der Waals surface area contributed by atoms with Crippen LogP contribution in [0.15, 0.2) is 42.5 Å². The molecule has 0 fully saturated rings. The number of fused-ring (bicyclic) bond motifs is 2. The van der Waals surface area contributed by atoms with Crippen LogP contribution >= 0.6 is 0 Å². The summed E-state index contributed by atoms with van der Waals surface area (Å²) >= 11 is 0. The monoisotopic (exact) mass is 406 g/mol. The van der Waals surface area contributed by atoms with Gasteiger partial charge in [-0.25, -0.2) is 0 Å². The number of esters is 1. The molecule has 3 aromatic rings. The predicted molar refractivity (Wildman–Crippen MR) is 121 cm³/mol. The topological polar surface area (TPSA) is 63.6 Å². The molecule has 3 rings (SSSR count). The molecule has 4 nitrogen and oxygen atoms in total. The van der Waals surface area contributed by atoms with E-state index in [2.05, 4.69) is 77.9 Å². The molecule has 158 valence electrons. The fraction of sp³-hybridized carbons (Fsp3) is 0.385. The number of hydrogen-bond acceptors (Lipinski definition) is 3. The average Bonchev–Trinajstić information content (AvgIpc) is 2.63. The summed E-state index contributed by atoms with van der Waals surface area (Å²) in [6, 6.07) is 14.6. The summed E-state index contributed by atoms with van der Waals surface area (Å²) in [4.78, 5) is 23.3. The van der Waals surface area contributed by atoms with Gasteiger partial charge in [0.25, 0.3) is 0 Å². The SMILES string of the molecule is CC(C)(C)c1ccc2c(OC(=O)CCC(=O)O)c3cc(C(C)(C)C)ccc3cc2c1. The Balaban J connectivity index is 2.23. The lowest BCUT2D eigenvalue weighted by Crippen LogP contribution is -2.13. The summed E-state index contributed by atoms with van der Waals surface area (Å²) in [6.07, 6.45) is -0.408. The van der Waals surface area contributed by atoms with Crippen molar-refractivity contribution >= 4 is 33.5 Å². The summed E-state index contributed by atoms with van der Waals surface area (Å²) in [7, 11) is 0. The fourth-order valence-electron chi connectivity index (χ4n) is 3.50. The minimum Gasteiger partial charge on any atom is -0.481 e. The summed E-state index contributed by atoms with van der Waals surface area (Å²) in [5, 5.41) is 12.6. The number of carbonyl (C=O) groups is 2. The van der Waals surface area contributed by atoms with Crippen LogP contribution in [-0.4, -0.2) is 17.0 Å². The van der Waals surface area contributed by atoms with Gasteiger partial charge in [0.15, 0.2) is 0 Å². The third kappa shape index (κ3) is 4.64. The molecule has 0 atom stereocenters. The zero-order valence-electron chi connectivity index (χ0n) is 18.6. The number of carbonyl (C=O) groups excluding carboxylic acids is 1. The van der Waals surface area contributed by atoms with E-state index in [1.54, 1.807) is 0 Å². The zero-order valence-corrected chi connectivity index (χ0v) is 18.6. The molecule has 4 heteroatoms. The van der Waals surface area contributed by atoms with Gasteiger partial charge in [-0.3, -0.25) is 9.59 Å². The summed E-state index contributed by atoms with van der Waals surface area (Å²) in [5.74, 6) is -1.05. The van der Waals surface area contributed by atoms with Gasteiger partial charge in [-0.1, -0.05) is 71.9 Å². The second kappa shape index (κ2) is 7.75. The van der Waals surface area contributed by atoms with Gasteiger partial charge in [-0.15, -0.1) is 0 Å². The van der Waals surface area contributed by atoms with E-state index >= 15 is 0 Å². The van der Waals surface area contributed by atoms with Crippen molar-refractivity contribution in [2.24, 2.45) is 0 Å². The summed E-state index contributed by atoms with van der Waals surface area (Å²) < 4.78 is 5.78. The van der Waals surface area contributed by atoms with Gasteiger partial charge >= 0.3 is 11.9 Å². The Bertz CT molecular complexity index is 1130. The van der Waals surface area contributed by atoms with E-state index in [-0.39, 0.29) is 23.7 Å². The molecule has 0 saturated carbocycles. The lowest BCUT2D eigenvalue weighted by atomic mass is 9.84. The van der Waals surface area contributed by atoms with Crippen molar-refractivity contribution < 1.29 is 19.4 Å². The molecule has 0 spiro atoms. The minimum absolute atomic E-state index is 0.00241. The molecule has 0 bridgehead atoms. The Morgan fingerprint density at radius 2 is 1.37 bits per heavy atom. The lowest BCUT2D eigenvalue weighted by molar-refractivity contribution is -0.142. The highest BCUT2D eigenvalue weighted by Gasteiger charge is 2.20. The number of carboxylic acids is 1. The van der Waals surface area contributed by atoms with Crippen molar-refractivity contribution in [3.8, 4) is 5.75 Å².